The molecule has 2 amide bonds. The van der Waals surface area contributed by atoms with Crippen molar-refractivity contribution in [2.75, 3.05) is 13.7 Å². The molecule has 3 rings (SSSR count). The van der Waals surface area contributed by atoms with E-state index < -0.39 is 18.0 Å². The molecule has 2 N–H and O–H groups in total. The van der Waals surface area contributed by atoms with Crippen LogP contribution >= 0.6 is 15.9 Å². The van der Waals surface area contributed by atoms with E-state index in [9.17, 15) is 18.8 Å². The van der Waals surface area contributed by atoms with Gasteiger partial charge >= 0.3 is 6.09 Å². The number of pyridine rings is 1. The summed E-state index contributed by atoms with van der Waals surface area (Å²) in [5.41, 5.74) is 0.771. The predicted molar refractivity (Wildman–Crippen MR) is 110 cm³/mol. The molecular formula is C20H23BrFN3O4. The van der Waals surface area contributed by atoms with Crippen molar-refractivity contribution in [1.29, 1.82) is 0 Å². The number of halogens is 2. The highest BCUT2D eigenvalue weighted by molar-refractivity contribution is 9.10. The Hall–Kier alpha value is -2.42. The van der Waals surface area contributed by atoms with E-state index in [1.54, 1.807) is 4.90 Å². The number of likely N-dealkylation sites (tertiary alicyclic amines) is 1. The number of amides is 2. The second-order valence-electron chi connectivity index (χ2n) is 7.45. The number of aromatic nitrogens is 1. The van der Waals surface area contributed by atoms with Crippen molar-refractivity contribution in [3.63, 3.8) is 0 Å². The SMILES string of the molecule is COC(=O)N[C@H](C(=O)N1CCC[C@H]1c1cc(=O)c2cc(F)c(Br)cc2[nH]1)C(C)C. The first-order valence-electron chi connectivity index (χ1n) is 9.40. The second-order valence-corrected chi connectivity index (χ2v) is 8.30. The third kappa shape index (κ3) is 4.29. The number of carbonyl (C=O) groups is 2. The average Bonchev–Trinajstić information content (AvgIpc) is 3.16. The van der Waals surface area contributed by atoms with E-state index in [-0.39, 0.29) is 33.2 Å². The van der Waals surface area contributed by atoms with Crippen molar-refractivity contribution >= 4 is 38.8 Å². The van der Waals surface area contributed by atoms with E-state index in [0.717, 1.165) is 6.42 Å². The quantitative estimate of drug-likeness (QED) is 0.719. The molecule has 1 aromatic heterocycles. The normalized spacial score (nSPS) is 17.6. The summed E-state index contributed by atoms with van der Waals surface area (Å²) in [6.07, 6.45) is 0.782. The van der Waals surface area contributed by atoms with Gasteiger partial charge in [0, 0.05) is 23.7 Å². The topological polar surface area (TPSA) is 91.5 Å². The van der Waals surface area contributed by atoms with Crippen LogP contribution in [0.5, 0.6) is 0 Å². The van der Waals surface area contributed by atoms with Crippen LogP contribution in [0.15, 0.2) is 27.5 Å². The molecular weight excluding hydrogens is 445 g/mol. The maximum Gasteiger partial charge on any atom is 0.407 e. The average molecular weight is 468 g/mol. The molecule has 156 valence electrons. The Morgan fingerprint density at radius 3 is 2.72 bits per heavy atom. The van der Waals surface area contributed by atoms with Crippen LogP contribution in [0.3, 0.4) is 0 Å². The third-order valence-corrected chi connectivity index (χ3v) is 5.79. The summed E-state index contributed by atoms with van der Waals surface area (Å²) in [5.74, 6) is -0.881. The van der Waals surface area contributed by atoms with E-state index in [1.165, 1.54) is 25.3 Å². The lowest BCUT2D eigenvalue weighted by Crippen LogP contribution is -2.51. The number of methoxy groups -OCH3 is 1. The molecule has 0 saturated carbocycles. The number of nitrogens with one attached hydrogen (secondary N) is 2. The lowest BCUT2D eigenvalue weighted by Gasteiger charge is -2.30. The first-order chi connectivity index (χ1) is 13.7. The molecule has 29 heavy (non-hydrogen) atoms. The number of hydrogen-bond donors (Lipinski definition) is 2. The van der Waals surface area contributed by atoms with Crippen LogP contribution in [0, 0.1) is 11.7 Å². The van der Waals surface area contributed by atoms with E-state index in [1.807, 2.05) is 13.8 Å². The molecule has 0 radical (unpaired) electrons. The fraction of sp³-hybridized carbons (Fsp3) is 0.450. The molecule has 7 nitrogen and oxygen atoms in total. The third-order valence-electron chi connectivity index (χ3n) is 5.18. The molecule has 1 aliphatic heterocycles. The summed E-state index contributed by atoms with van der Waals surface area (Å²) >= 11 is 3.14. The van der Waals surface area contributed by atoms with Crippen LogP contribution < -0.4 is 10.7 Å². The Labute approximate surface area is 175 Å². The zero-order valence-electron chi connectivity index (χ0n) is 16.4. The van der Waals surface area contributed by atoms with Crippen LogP contribution in [-0.4, -0.2) is 41.6 Å². The second kappa shape index (κ2) is 8.52. The van der Waals surface area contributed by atoms with Crippen LogP contribution in [0.4, 0.5) is 9.18 Å². The summed E-state index contributed by atoms with van der Waals surface area (Å²) in [6, 6.07) is 3.06. The van der Waals surface area contributed by atoms with Gasteiger partial charge in [0.2, 0.25) is 5.91 Å². The monoisotopic (exact) mass is 467 g/mol. The number of benzene rings is 1. The van der Waals surface area contributed by atoms with Gasteiger partial charge in [-0.3, -0.25) is 9.59 Å². The van der Waals surface area contributed by atoms with Crippen LogP contribution in [0.1, 0.15) is 38.4 Å². The smallest absolute Gasteiger partial charge is 0.407 e. The van der Waals surface area contributed by atoms with Gasteiger partial charge in [-0.2, -0.15) is 0 Å². The van der Waals surface area contributed by atoms with Crippen LogP contribution in [-0.2, 0) is 9.53 Å². The zero-order valence-corrected chi connectivity index (χ0v) is 18.0. The van der Waals surface area contributed by atoms with Gasteiger partial charge in [0.15, 0.2) is 5.43 Å². The molecule has 1 fully saturated rings. The van der Waals surface area contributed by atoms with Crippen molar-refractivity contribution < 1.29 is 18.7 Å². The maximum atomic E-state index is 13.8. The zero-order chi connectivity index (χ0) is 21.3. The molecule has 2 atom stereocenters. The van der Waals surface area contributed by atoms with Gasteiger partial charge in [0.25, 0.3) is 0 Å². The van der Waals surface area contributed by atoms with E-state index in [0.29, 0.717) is 24.2 Å². The minimum atomic E-state index is -0.738. The summed E-state index contributed by atoms with van der Waals surface area (Å²) in [6.45, 7) is 4.20. The number of aromatic amines is 1. The fourth-order valence-electron chi connectivity index (χ4n) is 3.68. The number of ether oxygens (including phenoxy) is 1. The maximum absolute atomic E-state index is 13.8. The molecule has 9 heteroatoms. The molecule has 1 aromatic carbocycles. The van der Waals surface area contributed by atoms with E-state index >= 15 is 0 Å². The largest absolute Gasteiger partial charge is 0.453 e. The van der Waals surface area contributed by atoms with Gasteiger partial charge in [-0.15, -0.1) is 0 Å². The highest BCUT2D eigenvalue weighted by Gasteiger charge is 2.36. The van der Waals surface area contributed by atoms with Gasteiger partial charge in [-0.1, -0.05) is 13.8 Å². The first-order valence-corrected chi connectivity index (χ1v) is 10.2. The lowest BCUT2D eigenvalue weighted by molar-refractivity contribution is -0.135. The number of nitrogens with zero attached hydrogens (tertiary/aromatic N) is 1. The summed E-state index contributed by atoms with van der Waals surface area (Å²) in [4.78, 5) is 42.2. The van der Waals surface area contributed by atoms with Gasteiger partial charge in [-0.05, 0) is 46.8 Å². The van der Waals surface area contributed by atoms with Crippen molar-refractivity contribution in [3.8, 4) is 0 Å². The highest BCUT2D eigenvalue weighted by Crippen LogP contribution is 2.32. The van der Waals surface area contributed by atoms with Crippen molar-refractivity contribution in [3.05, 3.63) is 44.4 Å². The Morgan fingerprint density at radius 2 is 2.07 bits per heavy atom. The molecule has 1 aliphatic rings. The number of carbonyl (C=O) groups excluding carboxylic acids is 2. The first kappa shape index (κ1) is 21.3. The summed E-state index contributed by atoms with van der Waals surface area (Å²) in [7, 11) is 1.25. The molecule has 0 aliphatic carbocycles. The Bertz CT molecular complexity index is 1010. The van der Waals surface area contributed by atoms with Crippen molar-refractivity contribution in [2.24, 2.45) is 5.92 Å². The van der Waals surface area contributed by atoms with Gasteiger partial charge < -0.3 is 19.9 Å². The Balaban J connectivity index is 1.96. The minimum Gasteiger partial charge on any atom is -0.453 e. The summed E-state index contributed by atoms with van der Waals surface area (Å²) in [5, 5.41) is 2.85. The summed E-state index contributed by atoms with van der Waals surface area (Å²) < 4.78 is 18.7. The predicted octanol–water partition coefficient (Wildman–Crippen LogP) is 3.47. The van der Waals surface area contributed by atoms with Gasteiger partial charge in [0.05, 0.1) is 23.1 Å². The minimum absolute atomic E-state index is 0.141. The molecule has 2 heterocycles. The Kier molecular flexibility index (Phi) is 6.26. The van der Waals surface area contributed by atoms with Crippen LogP contribution in [0.25, 0.3) is 10.9 Å². The number of fused-ring (bicyclic) bond motifs is 1. The Morgan fingerprint density at radius 1 is 1.34 bits per heavy atom. The van der Waals surface area contributed by atoms with E-state index in [4.69, 9.17) is 0 Å². The fourth-order valence-corrected chi connectivity index (χ4v) is 4.02. The van der Waals surface area contributed by atoms with Crippen LogP contribution in [0.2, 0.25) is 0 Å². The molecule has 0 bridgehead atoms. The lowest BCUT2D eigenvalue weighted by atomic mass is 10.0. The van der Waals surface area contributed by atoms with E-state index in [2.05, 4.69) is 31.0 Å². The number of H-pyrrole nitrogens is 1. The van der Waals surface area contributed by atoms with Crippen molar-refractivity contribution in [1.82, 2.24) is 15.2 Å². The standard InChI is InChI=1S/C20H23BrFN3O4/c1-10(2)18(24-20(28)29-3)19(27)25-6-4-5-16(25)15-9-17(26)11-7-13(22)12(21)8-14(11)23-15/h7-10,16,18H,4-6H2,1-3H3,(H,23,26)(H,24,28)/t16-,18-/m0/s1. The van der Waals surface area contributed by atoms with Gasteiger partial charge in [0.1, 0.15) is 11.9 Å². The molecule has 2 aromatic rings. The number of hydrogen-bond acceptors (Lipinski definition) is 4. The number of alkyl carbamates (subject to hydrolysis) is 1. The molecule has 0 spiro atoms. The number of rotatable bonds is 4. The molecule has 1 saturated heterocycles. The highest BCUT2D eigenvalue weighted by atomic mass is 79.9. The van der Waals surface area contributed by atoms with Crippen molar-refractivity contribution in [2.45, 2.75) is 38.8 Å². The molecule has 0 unspecified atom stereocenters. The van der Waals surface area contributed by atoms with Gasteiger partial charge in [-0.25, -0.2) is 9.18 Å².